The van der Waals surface area contributed by atoms with Gasteiger partial charge in [0.2, 0.25) is 5.91 Å². The van der Waals surface area contributed by atoms with Gasteiger partial charge in [0.1, 0.15) is 11.3 Å². The molecule has 0 aliphatic heterocycles. The van der Waals surface area contributed by atoms with Crippen molar-refractivity contribution in [1.29, 1.82) is 0 Å². The summed E-state index contributed by atoms with van der Waals surface area (Å²) in [6.07, 6.45) is 2.86. The van der Waals surface area contributed by atoms with Gasteiger partial charge in [-0.25, -0.2) is 0 Å². The fourth-order valence-corrected chi connectivity index (χ4v) is 3.69. The average Bonchev–Trinajstić information content (AvgIpc) is 3.26. The van der Waals surface area contributed by atoms with Crippen molar-refractivity contribution in [1.82, 2.24) is 14.3 Å². The number of nitrogens with one attached hydrogen (secondary N) is 1. The molecule has 30 heavy (non-hydrogen) atoms. The zero-order chi connectivity index (χ0) is 20.9. The van der Waals surface area contributed by atoms with E-state index in [1.54, 1.807) is 4.57 Å². The van der Waals surface area contributed by atoms with Crippen LogP contribution in [0.25, 0.3) is 16.6 Å². The van der Waals surface area contributed by atoms with Crippen LogP contribution in [0.2, 0.25) is 0 Å². The molecule has 0 saturated heterocycles. The summed E-state index contributed by atoms with van der Waals surface area (Å²) in [4.78, 5) is 25.2. The normalized spacial score (nSPS) is 11.1. The van der Waals surface area contributed by atoms with Crippen molar-refractivity contribution in [2.75, 3.05) is 6.61 Å². The Bertz CT molecular complexity index is 1220. The van der Waals surface area contributed by atoms with Gasteiger partial charge in [0.15, 0.2) is 0 Å². The van der Waals surface area contributed by atoms with Crippen LogP contribution in [-0.4, -0.2) is 21.5 Å². The number of para-hydroxylation sites is 2. The molecule has 0 unspecified atom stereocenters. The lowest BCUT2D eigenvalue weighted by Crippen LogP contribution is -2.25. The highest BCUT2D eigenvalue weighted by Gasteiger charge is 2.10. The first kappa shape index (κ1) is 19.8. The van der Waals surface area contributed by atoms with Gasteiger partial charge in [0, 0.05) is 25.7 Å². The molecule has 0 atom stereocenters. The number of carbonyl (C=O) groups excluding carboxylic acids is 1. The Labute approximate surface area is 174 Å². The highest BCUT2D eigenvalue weighted by molar-refractivity contribution is 5.79. The van der Waals surface area contributed by atoms with Gasteiger partial charge >= 0.3 is 0 Å². The molecule has 2 heterocycles. The third kappa shape index (κ3) is 4.08. The van der Waals surface area contributed by atoms with E-state index < -0.39 is 0 Å². The lowest BCUT2D eigenvalue weighted by Gasteiger charge is -2.12. The van der Waals surface area contributed by atoms with Gasteiger partial charge < -0.3 is 19.0 Å². The number of benzene rings is 2. The van der Waals surface area contributed by atoms with Crippen LogP contribution in [0.3, 0.4) is 0 Å². The summed E-state index contributed by atoms with van der Waals surface area (Å²) in [5, 5.41) is 2.94. The lowest BCUT2D eigenvalue weighted by molar-refractivity contribution is -0.121. The minimum Gasteiger partial charge on any atom is -0.494 e. The Kier molecular flexibility index (Phi) is 5.84. The highest BCUT2D eigenvalue weighted by Crippen LogP contribution is 2.16. The van der Waals surface area contributed by atoms with Gasteiger partial charge in [-0.2, -0.15) is 0 Å². The molecular formula is C24H25N3O3. The van der Waals surface area contributed by atoms with Crippen LogP contribution in [0.5, 0.6) is 5.75 Å². The van der Waals surface area contributed by atoms with Crippen LogP contribution in [0.1, 0.15) is 25.3 Å². The molecule has 1 amide bonds. The molecular weight excluding hydrogens is 378 g/mol. The Morgan fingerprint density at radius 3 is 2.47 bits per heavy atom. The second-order valence-electron chi connectivity index (χ2n) is 7.17. The molecule has 6 heteroatoms. The number of aryl methyl sites for hydroxylation is 1. The number of aromatic nitrogens is 2. The van der Waals surface area contributed by atoms with Crippen molar-refractivity contribution < 1.29 is 9.53 Å². The standard InChI is InChI=1S/C24H25N3O3/c1-2-30-19-13-11-18(12-14-19)17-25-23(28)10-6-16-27-21-8-4-3-7-20(21)26-15-5-9-22(26)24(27)29/h3-5,7-9,11-15H,2,6,10,16-17H2,1H3,(H,25,28). The first-order valence-corrected chi connectivity index (χ1v) is 10.2. The fraction of sp³-hybridized carbons (Fsp3) is 0.250. The molecule has 0 aliphatic rings. The molecule has 0 fully saturated rings. The maximum Gasteiger partial charge on any atom is 0.275 e. The van der Waals surface area contributed by atoms with Crippen molar-refractivity contribution in [2.45, 2.75) is 32.9 Å². The maximum atomic E-state index is 12.9. The number of fused-ring (bicyclic) bond motifs is 3. The van der Waals surface area contributed by atoms with Crippen LogP contribution in [0.15, 0.2) is 71.7 Å². The first-order chi connectivity index (χ1) is 14.7. The monoisotopic (exact) mass is 403 g/mol. The Morgan fingerprint density at radius 1 is 0.967 bits per heavy atom. The van der Waals surface area contributed by atoms with E-state index in [0.717, 1.165) is 22.3 Å². The van der Waals surface area contributed by atoms with Gasteiger partial charge in [0.05, 0.1) is 17.6 Å². The molecule has 0 spiro atoms. The van der Waals surface area contributed by atoms with E-state index in [2.05, 4.69) is 5.32 Å². The molecule has 0 bridgehead atoms. The van der Waals surface area contributed by atoms with Crippen molar-refractivity contribution in [3.8, 4) is 5.75 Å². The summed E-state index contributed by atoms with van der Waals surface area (Å²) in [7, 11) is 0. The lowest BCUT2D eigenvalue weighted by atomic mass is 10.2. The van der Waals surface area contributed by atoms with Gasteiger partial charge in [-0.1, -0.05) is 24.3 Å². The third-order valence-corrected chi connectivity index (χ3v) is 5.15. The van der Waals surface area contributed by atoms with Gasteiger partial charge in [-0.05, 0) is 55.3 Å². The SMILES string of the molecule is CCOc1ccc(CNC(=O)CCCn2c(=O)c3cccn3c3ccccc32)cc1. The number of ether oxygens (including phenoxy) is 1. The fourth-order valence-electron chi connectivity index (χ4n) is 3.69. The van der Waals surface area contributed by atoms with Crippen molar-refractivity contribution >= 4 is 22.5 Å². The van der Waals surface area contributed by atoms with Crippen molar-refractivity contribution in [3.05, 3.63) is 82.8 Å². The molecule has 4 aromatic rings. The summed E-state index contributed by atoms with van der Waals surface area (Å²) < 4.78 is 9.11. The Hall–Kier alpha value is -3.54. The molecule has 0 saturated carbocycles. The largest absolute Gasteiger partial charge is 0.494 e. The van der Waals surface area contributed by atoms with Crippen LogP contribution < -0.4 is 15.6 Å². The molecule has 2 aromatic heterocycles. The van der Waals surface area contributed by atoms with Gasteiger partial charge in [-0.15, -0.1) is 0 Å². The van der Waals surface area contributed by atoms with Crippen LogP contribution >= 0.6 is 0 Å². The van der Waals surface area contributed by atoms with Crippen LogP contribution in [0.4, 0.5) is 0 Å². The Morgan fingerprint density at radius 2 is 1.70 bits per heavy atom. The smallest absolute Gasteiger partial charge is 0.275 e. The number of rotatable bonds is 8. The van der Waals surface area contributed by atoms with Crippen molar-refractivity contribution in [3.63, 3.8) is 0 Å². The zero-order valence-corrected chi connectivity index (χ0v) is 17.0. The topological polar surface area (TPSA) is 64.7 Å². The maximum absolute atomic E-state index is 12.9. The molecule has 154 valence electrons. The quantitative estimate of drug-likeness (QED) is 0.487. The summed E-state index contributed by atoms with van der Waals surface area (Å²) in [5.74, 6) is 0.801. The number of hydrogen-bond donors (Lipinski definition) is 1. The van der Waals surface area contributed by atoms with Gasteiger partial charge in [-0.3, -0.25) is 9.59 Å². The van der Waals surface area contributed by atoms with E-state index in [4.69, 9.17) is 4.74 Å². The first-order valence-electron chi connectivity index (χ1n) is 10.2. The van der Waals surface area contributed by atoms with Gasteiger partial charge in [0.25, 0.3) is 5.56 Å². The second-order valence-corrected chi connectivity index (χ2v) is 7.17. The molecule has 0 aliphatic carbocycles. The Balaban J connectivity index is 1.38. The summed E-state index contributed by atoms with van der Waals surface area (Å²) in [6.45, 7) is 3.55. The molecule has 1 N–H and O–H groups in total. The highest BCUT2D eigenvalue weighted by atomic mass is 16.5. The van der Waals surface area contributed by atoms with Crippen LogP contribution in [-0.2, 0) is 17.9 Å². The van der Waals surface area contributed by atoms with E-state index in [1.807, 2.05) is 78.2 Å². The van der Waals surface area contributed by atoms with E-state index in [-0.39, 0.29) is 11.5 Å². The number of carbonyl (C=O) groups is 1. The molecule has 0 radical (unpaired) electrons. The van der Waals surface area contributed by atoms with E-state index in [9.17, 15) is 9.59 Å². The minimum atomic E-state index is -0.0338. The van der Waals surface area contributed by atoms with Crippen molar-refractivity contribution in [2.24, 2.45) is 0 Å². The van der Waals surface area contributed by atoms with E-state index in [1.165, 1.54) is 0 Å². The number of amides is 1. The molecule has 2 aromatic carbocycles. The molecule has 6 nitrogen and oxygen atoms in total. The third-order valence-electron chi connectivity index (χ3n) is 5.15. The zero-order valence-electron chi connectivity index (χ0n) is 17.0. The second kappa shape index (κ2) is 8.86. The predicted molar refractivity (Wildman–Crippen MR) is 118 cm³/mol. The molecule has 4 rings (SSSR count). The van der Waals surface area contributed by atoms with Crippen LogP contribution in [0, 0.1) is 0 Å². The minimum absolute atomic E-state index is 0.0231. The predicted octanol–water partition coefficient (Wildman–Crippen LogP) is 3.75. The number of hydrogen-bond acceptors (Lipinski definition) is 3. The summed E-state index contributed by atoms with van der Waals surface area (Å²) in [6, 6.07) is 19.2. The number of nitrogens with zero attached hydrogens (tertiary/aromatic N) is 2. The summed E-state index contributed by atoms with van der Waals surface area (Å²) >= 11 is 0. The summed E-state index contributed by atoms with van der Waals surface area (Å²) in [5.41, 5.74) is 3.49. The van der Waals surface area contributed by atoms with E-state index >= 15 is 0 Å². The van der Waals surface area contributed by atoms with E-state index in [0.29, 0.717) is 38.1 Å². The average molecular weight is 403 g/mol.